The van der Waals surface area contributed by atoms with Crippen LogP contribution in [0.1, 0.15) is 70.1 Å². The number of aliphatic hydroxyl groups is 1. The van der Waals surface area contributed by atoms with E-state index in [1.54, 1.807) is 12.1 Å². The summed E-state index contributed by atoms with van der Waals surface area (Å²) >= 11 is 3.62. The van der Waals surface area contributed by atoms with Crippen LogP contribution >= 0.6 is 15.9 Å². The van der Waals surface area contributed by atoms with Gasteiger partial charge in [0.1, 0.15) is 11.4 Å². The standard InChI is InChI=1S/C29H35BrN2O6/c1-28(2,3)38-24(34)15-16-29(27(35)31-20-11-12-20)25(22-7-4-5-8-23(22)30)37-26(32-29)19-9-13-21(14-10-19)36-18-6-17-33/h4-5,7-10,13-14,20,25,33H,6,11-12,15-18H2,1-3H3,(H,31,35)/t25-,29-/m1/s1. The van der Waals surface area contributed by atoms with E-state index < -0.39 is 23.2 Å². The highest BCUT2D eigenvalue weighted by Crippen LogP contribution is 2.45. The lowest BCUT2D eigenvalue weighted by Crippen LogP contribution is -2.49. The Morgan fingerprint density at radius 2 is 1.87 bits per heavy atom. The minimum Gasteiger partial charge on any atom is -0.494 e. The van der Waals surface area contributed by atoms with Crippen LogP contribution in [0, 0.1) is 0 Å². The number of aliphatic hydroxyl groups excluding tert-OH is 1. The van der Waals surface area contributed by atoms with Crippen LogP contribution in [-0.2, 0) is 19.1 Å². The number of hydrogen-bond acceptors (Lipinski definition) is 7. The Morgan fingerprint density at radius 1 is 1.16 bits per heavy atom. The molecule has 8 nitrogen and oxygen atoms in total. The van der Waals surface area contributed by atoms with Crippen molar-refractivity contribution < 1.29 is 28.9 Å². The fourth-order valence-electron chi connectivity index (χ4n) is 4.26. The molecule has 2 N–H and O–H groups in total. The molecule has 204 valence electrons. The molecule has 1 fully saturated rings. The van der Waals surface area contributed by atoms with Crippen molar-refractivity contribution in [3.63, 3.8) is 0 Å². The number of ether oxygens (including phenoxy) is 3. The van der Waals surface area contributed by atoms with Crippen molar-refractivity contribution in [3.8, 4) is 5.75 Å². The van der Waals surface area contributed by atoms with Crippen molar-refractivity contribution in [3.05, 3.63) is 64.1 Å². The highest BCUT2D eigenvalue weighted by molar-refractivity contribution is 9.10. The van der Waals surface area contributed by atoms with E-state index in [9.17, 15) is 9.59 Å². The maximum atomic E-state index is 13.9. The molecule has 0 spiro atoms. The van der Waals surface area contributed by atoms with Gasteiger partial charge in [-0.1, -0.05) is 34.1 Å². The van der Waals surface area contributed by atoms with Gasteiger partial charge in [-0.05, 0) is 70.4 Å². The van der Waals surface area contributed by atoms with E-state index in [4.69, 9.17) is 24.3 Å². The van der Waals surface area contributed by atoms with Crippen LogP contribution in [-0.4, -0.2) is 53.3 Å². The minimum atomic E-state index is -1.37. The molecular weight excluding hydrogens is 552 g/mol. The van der Waals surface area contributed by atoms with Crippen LogP contribution in [0.25, 0.3) is 0 Å². The zero-order valence-corrected chi connectivity index (χ0v) is 23.6. The number of nitrogens with zero attached hydrogens (tertiary/aromatic N) is 1. The fourth-order valence-corrected chi connectivity index (χ4v) is 4.75. The first-order valence-corrected chi connectivity index (χ1v) is 13.8. The number of amides is 1. The summed E-state index contributed by atoms with van der Waals surface area (Å²) in [6, 6.07) is 14.9. The number of hydrogen-bond donors (Lipinski definition) is 2. The molecule has 2 aromatic rings. The number of carbonyl (C=O) groups is 2. The van der Waals surface area contributed by atoms with Crippen LogP contribution in [0.3, 0.4) is 0 Å². The van der Waals surface area contributed by atoms with Gasteiger partial charge in [-0.2, -0.15) is 0 Å². The Labute approximate surface area is 231 Å². The number of halogens is 1. The van der Waals surface area contributed by atoms with E-state index in [2.05, 4.69) is 21.2 Å². The largest absolute Gasteiger partial charge is 0.494 e. The molecule has 0 bridgehead atoms. The lowest BCUT2D eigenvalue weighted by molar-refractivity contribution is -0.155. The molecule has 0 radical (unpaired) electrons. The summed E-state index contributed by atoms with van der Waals surface area (Å²) in [5, 5.41) is 12.1. The summed E-state index contributed by atoms with van der Waals surface area (Å²) in [4.78, 5) is 31.5. The molecular formula is C29H35BrN2O6. The molecule has 0 aromatic heterocycles. The Morgan fingerprint density at radius 3 is 2.50 bits per heavy atom. The number of rotatable bonds is 11. The highest BCUT2D eigenvalue weighted by Gasteiger charge is 2.54. The van der Waals surface area contributed by atoms with Crippen LogP contribution in [0.5, 0.6) is 5.75 Å². The topological polar surface area (TPSA) is 106 Å². The summed E-state index contributed by atoms with van der Waals surface area (Å²) in [7, 11) is 0. The van der Waals surface area contributed by atoms with E-state index in [-0.39, 0.29) is 31.4 Å². The van der Waals surface area contributed by atoms with Gasteiger partial charge in [-0.25, -0.2) is 4.99 Å². The summed E-state index contributed by atoms with van der Waals surface area (Å²) in [6.07, 6.45) is 1.76. The third-order valence-electron chi connectivity index (χ3n) is 6.26. The molecule has 0 saturated heterocycles. The normalized spacial score (nSPS) is 20.9. The number of nitrogens with one attached hydrogen (secondary N) is 1. The molecule has 1 aliphatic carbocycles. The molecule has 9 heteroatoms. The number of aliphatic imine (C=N–C) groups is 1. The third kappa shape index (κ3) is 6.94. The first-order chi connectivity index (χ1) is 18.1. The van der Waals surface area contributed by atoms with Gasteiger partial charge in [0.05, 0.1) is 6.61 Å². The Kier molecular flexibility index (Phi) is 8.78. The van der Waals surface area contributed by atoms with E-state index in [1.807, 2.05) is 57.2 Å². The lowest BCUT2D eigenvalue weighted by atomic mass is 9.83. The zero-order valence-electron chi connectivity index (χ0n) is 22.0. The van der Waals surface area contributed by atoms with Gasteiger partial charge in [0.25, 0.3) is 5.91 Å². The number of carbonyl (C=O) groups excluding carboxylic acids is 2. The first-order valence-electron chi connectivity index (χ1n) is 13.0. The van der Waals surface area contributed by atoms with Gasteiger partial charge in [0.2, 0.25) is 5.90 Å². The zero-order chi connectivity index (χ0) is 27.3. The summed E-state index contributed by atoms with van der Waals surface area (Å²) in [5.41, 5.74) is -0.542. The molecule has 2 aliphatic rings. The van der Waals surface area contributed by atoms with Gasteiger partial charge in [0.15, 0.2) is 11.6 Å². The second-order valence-corrected chi connectivity index (χ2v) is 11.5. The van der Waals surface area contributed by atoms with Crippen molar-refractivity contribution in [2.75, 3.05) is 13.2 Å². The molecule has 1 saturated carbocycles. The summed E-state index contributed by atoms with van der Waals surface area (Å²) in [6.45, 7) is 5.92. The maximum Gasteiger partial charge on any atom is 0.306 e. The van der Waals surface area contributed by atoms with Crippen LogP contribution in [0.4, 0.5) is 0 Å². The molecule has 2 atom stereocenters. The van der Waals surface area contributed by atoms with E-state index >= 15 is 0 Å². The minimum absolute atomic E-state index is 0.00802. The van der Waals surface area contributed by atoms with Crippen molar-refractivity contribution in [1.29, 1.82) is 0 Å². The third-order valence-corrected chi connectivity index (χ3v) is 6.98. The first kappa shape index (κ1) is 28.1. The highest BCUT2D eigenvalue weighted by atomic mass is 79.9. The molecule has 1 heterocycles. The average molecular weight is 588 g/mol. The van der Waals surface area contributed by atoms with Crippen molar-refractivity contribution in [1.82, 2.24) is 5.32 Å². The summed E-state index contributed by atoms with van der Waals surface area (Å²) < 4.78 is 18.4. The van der Waals surface area contributed by atoms with Crippen molar-refractivity contribution in [2.45, 2.75) is 76.2 Å². The Bertz CT molecular complexity index is 1170. The molecule has 38 heavy (non-hydrogen) atoms. The molecule has 0 unspecified atom stereocenters. The molecule has 2 aromatic carbocycles. The van der Waals surface area contributed by atoms with Crippen LogP contribution < -0.4 is 10.1 Å². The predicted octanol–water partition coefficient (Wildman–Crippen LogP) is 4.87. The van der Waals surface area contributed by atoms with Gasteiger partial charge >= 0.3 is 5.97 Å². The fraction of sp³-hybridized carbons (Fsp3) is 0.483. The number of benzene rings is 2. The van der Waals surface area contributed by atoms with E-state index in [0.717, 1.165) is 22.9 Å². The second kappa shape index (κ2) is 11.9. The quantitative estimate of drug-likeness (QED) is 0.287. The predicted molar refractivity (Wildman–Crippen MR) is 147 cm³/mol. The van der Waals surface area contributed by atoms with Gasteiger partial charge < -0.3 is 24.6 Å². The van der Waals surface area contributed by atoms with E-state index in [0.29, 0.717) is 30.2 Å². The smallest absolute Gasteiger partial charge is 0.306 e. The van der Waals surface area contributed by atoms with E-state index in [1.165, 1.54) is 0 Å². The van der Waals surface area contributed by atoms with Gasteiger partial charge in [0, 0.05) is 41.1 Å². The van der Waals surface area contributed by atoms with Crippen molar-refractivity contribution in [2.24, 2.45) is 4.99 Å². The van der Waals surface area contributed by atoms with Gasteiger partial charge in [-0.15, -0.1) is 0 Å². The average Bonchev–Trinajstić information content (AvgIpc) is 3.60. The second-order valence-electron chi connectivity index (χ2n) is 10.6. The molecule has 4 rings (SSSR count). The Balaban J connectivity index is 1.70. The van der Waals surface area contributed by atoms with Crippen LogP contribution in [0.15, 0.2) is 58.0 Å². The molecule has 1 amide bonds. The van der Waals surface area contributed by atoms with Crippen molar-refractivity contribution >= 4 is 33.7 Å². The maximum absolute atomic E-state index is 13.9. The monoisotopic (exact) mass is 586 g/mol. The lowest BCUT2D eigenvalue weighted by Gasteiger charge is -2.31. The SMILES string of the molecule is CC(C)(C)OC(=O)CC[C@@]1(C(=O)NC2CC2)N=C(c2ccc(OCCCO)cc2)O[C@@H]1c1ccccc1Br. The Hall–Kier alpha value is -2.91. The molecule has 1 aliphatic heterocycles. The number of esters is 1. The van der Waals surface area contributed by atoms with Crippen LogP contribution in [0.2, 0.25) is 0 Å². The van der Waals surface area contributed by atoms with Gasteiger partial charge in [-0.3, -0.25) is 9.59 Å². The summed E-state index contributed by atoms with van der Waals surface area (Å²) in [5.74, 6) is 0.326.